The maximum Gasteiger partial charge on any atom is 0.335 e. The number of aromatic carboxylic acids is 1. The van der Waals surface area contributed by atoms with Crippen LogP contribution >= 0.6 is 0 Å². The summed E-state index contributed by atoms with van der Waals surface area (Å²) in [5.74, 6) is -1.36. The predicted octanol–water partition coefficient (Wildman–Crippen LogP) is 2.30. The number of aryl methyl sites for hydroxylation is 1. The van der Waals surface area contributed by atoms with Crippen LogP contribution in [0.1, 0.15) is 54.7 Å². The van der Waals surface area contributed by atoms with Crippen LogP contribution in [0.25, 0.3) is 0 Å². The summed E-state index contributed by atoms with van der Waals surface area (Å²) in [4.78, 5) is 23.5. The lowest BCUT2D eigenvalue weighted by Gasteiger charge is -2.25. The van der Waals surface area contributed by atoms with Crippen LogP contribution in [0.3, 0.4) is 0 Å². The Kier molecular flexibility index (Phi) is 4.32. The molecular weight excluding hydrogens is 270 g/mol. The van der Waals surface area contributed by atoms with Crippen LogP contribution in [0.4, 0.5) is 0 Å². The molecule has 2 rings (SSSR count). The molecule has 0 spiro atoms. The third-order valence-corrected chi connectivity index (χ3v) is 3.32. The van der Waals surface area contributed by atoms with Crippen molar-refractivity contribution in [1.29, 1.82) is 0 Å². The molecule has 2 N–H and O–H groups in total. The van der Waals surface area contributed by atoms with Gasteiger partial charge in [0, 0.05) is 0 Å². The van der Waals surface area contributed by atoms with Crippen molar-refractivity contribution in [3.8, 4) is 0 Å². The lowest BCUT2D eigenvalue weighted by molar-refractivity contribution is -0.157. The zero-order chi connectivity index (χ0) is 15.6. The van der Waals surface area contributed by atoms with Crippen molar-refractivity contribution in [2.24, 2.45) is 0 Å². The number of esters is 1. The number of carbonyl (C=O) groups is 2. The highest BCUT2D eigenvalue weighted by Crippen LogP contribution is 2.26. The summed E-state index contributed by atoms with van der Waals surface area (Å²) in [5.41, 5.74) is 1.32. The van der Waals surface area contributed by atoms with Gasteiger partial charge in [0.1, 0.15) is 11.6 Å². The van der Waals surface area contributed by atoms with Crippen LogP contribution in [0.2, 0.25) is 0 Å². The van der Waals surface area contributed by atoms with Gasteiger partial charge in [-0.25, -0.2) is 9.59 Å². The maximum absolute atomic E-state index is 12.4. The molecule has 0 bridgehead atoms. The monoisotopic (exact) mass is 291 g/mol. The van der Waals surface area contributed by atoms with Crippen LogP contribution < -0.4 is 5.32 Å². The third-order valence-electron chi connectivity index (χ3n) is 3.32. The Bertz CT molecular complexity index is 560. The fourth-order valence-corrected chi connectivity index (χ4v) is 2.43. The molecule has 0 aliphatic carbocycles. The van der Waals surface area contributed by atoms with Gasteiger partial charge in [0.25, 0.3) is 0 Å². The zero-order valence-corrected chi connectivity index (χ0v) is 12.6. The Hall–Kier alpha value is -1.88. The maximum atomic E-state index is 12.4. The summed E-state index contributed by atoms with van der Waals surface area (Å²) in [6.45, 7) is 6.14. The average molecular weight is 291 g/mol. The molecule has 0 aromatic heterocycles. The van der Waals surface area contributed by atoms with Gasteiger partial charge in [0.15, 0.2) is 0 Å². The minimum Gasteiger partial charge on any atom is -0.478 e. The van der Waals surface area contributed by atoms with Crippen LogP contribution in [0.15, 0.2) is 18.2 Å². The fraction of sp³-hybridized carbons (Fsp3) is 0.500. The van der Waals surface area contributed by atoms with Gasteiger partial charge in [-0.3, -0.25) is 0 Å². The summed E-state index contributed by atoms with van der Waals surface area (Å²) >= 11 is 0. The molecule has 1 unspecified atom stereocenters. The Morgan fingerprint density at radius 1 is 1.33 bits per heavy atom. The van der Waals surface area contributed by atoms with E-state index in [-0.39, 0.29) is 11.5 Å². The highest BCUT2D eigenvalue weighted by Gasteiger charge is 2.29. The second-order valence-electron chi connectivity index (χ2n) is 6.24. The average Bonchev–Trinajstić information content (AvgIpc) is 2.57. The van der Waals surface area contributed by atoms with E-state index in [0.717, 1.165) is 18.4 Å². The van der Waals surface area contributed by atoms with Gasteiger partial charge < -0.3 is 15.2 Å². The molecule has 1 heterocycles. The molecule has 5 nitrogen and oxygen atoms in total. The Labute approximate surface area is 124 Å². The molecule has 0 saturated heterocycles. The SMILES string of the molecule is CC(C)(C)OC(=O)C1NCCCc2ccc(C(=O)O)cc21. The van der Waals surface area contributed by atoms with E-state index in [2.05, 4.69) is 5.32 Å². The Morgan fingerprint density at radius 3 is 2.67 bits per heavy atom. The molecule has 0 amide bonds. The third kappa shape index (κ3) is 3.82. The molecule has 114 valence electrons. The minimum absolute atomic E-state index is 0.186. The van der Waals surface area contributed by atoms with Crippen molar-refractivity contribution in [3.05, 3.63) is 34.9 Å². The molecule has 5 heteroatoms. The lowest BCUT2D eigenvalue weighted by Crippen LogP contribution is -2.35. The van der Waals surface area contributed by atoms with Gasteiger partial charge in [-0.05, 0) is 63.4 Å². The Morgan fingerprint density at radius 2 is 2.05 bits per heavy atom. The Balaban J connectivity index is 2.38. The smallest absolute Gasteiger partial charge is 0.335 e. The van der Waals surface area contributed by atoms with Crippen LogP contribution in [-0.2, 0) is 16.0 Å². The lowest BCUT2D eigenvalue weighted by atomic mass is 9.96. The van der Waals surface area contributed by atoms with Gasteiger partial charge in [-0.2, -0.15) is 0 Å². The highest BCUT2D eigenvalue weighted by atomic mass is 16.6. The van der Waals surface area contributed by atoms with Crippen molar-refractivity contribution in [3.63, 3.8) is 0 Å². The molecule has 0 radical (unpaired) electrons. The first kappa shape index (κ1) is 15.5. The summed E-state index contributed by atoms with van der Waals surface area (Å²) in [6, 6.07) is 4.34. The van der Waals surface area contributed by atoms with Gasteiger partial charge in [-0.15, -0.1) is 0 Å². The number of carboxylic acids is 1. The van der Waals surface area contributed by atoms with Gasteiger partial charge >= 0.3 is 11.9 Å². The standard InChI is InChI=1S/C16H21NO4/c1-16(2,3)21-15(20)13-12-9-11(14(18)19)7-6-10(12)5-4-8-17-13/h6-7,9,13,17H,4-5,8H2,1-3H3,(H,18,19). The number of nitrogens with one attached hydrogen (secondary N) is 1. The van der Waals surface area contributed by atoms with Crippen LogP contribution in [0, 0.1) is 0 Å². The number of hydrogen-bond acceptors (Lipinski definition) is 4. The number of carboxylic acid groups (broad SMARTS) is 1. The number of rotatable bonds is 2. The molecular formula is C16H21NO4. The van der Waals surface area contributed by atoms with Gasteiger partial charge in [0.05, 0.1) is 5.56 Å². The normalized spacial score (nSPS) is 18.5. The number of carbonyl (C=O) groups excluding carboxylic acids is 1. The quantitative estimate of drug-likeness (QED) is 0.818. The van der Waals surface area contributed by atoms with E-state index in [1.54, 1.807) is 18.2 Å². The number of fused-ring (bicyclic) bond motifs is 1. The number of ether oxygens (including phenoxy) is 1. The summed E-state index contributed by atoms with van der Waals surface area (Å²) < 4.78 is 5.44. The molecule has 1 atom stereocenters. The van der Waals surface area contributed by atoms with Crippen molar-refractivity contribution in [2.75, 3.05) is 6.54 Å². The first-order valence-electron chi connectivity index (χ1n) is 7.10. The van der Waals surface area contributed by atoms with E-state index in [0.29, 0.717) is 12.1 Å². The van der Waals surface area contributed by atoms with Gasteiger partial charge in [0.2, 0.25) is 0 Å². The van der Waals surface area contributed by atoms with Crippen LogP contribution in [0.5, 0.6) is 0 Å². The zero-order valence-electron chi connectivity index (χ0n) is 12.6. The molecule has 1 aromatic rings. The molecule has 0 fully saturated rings. The highest BCUT2D eigenvalue weighted by molar-refractivity contribution is 5.89. The number of benzene rings is 1. The van der Waals surface area contributed by atoms with Gasteiger partial charge in [-0.1, -0.05) is 6.07 Å². The van der Waals surface area contributed by atoms with Crippen molar-refractivity contribution < 1.29 is 19.4 Å². The van der Waals surface area contributed by atoms with E-state index in [4.69, 9.17) is 9.84 Å². The number of hydrogen-bond donors (Lipinski definition) is 2. The topological polar surface area (TPSA) is 75.6 Å². The largest absolute Gasteiger partial charge is 0.478 e. The van der Waals surface area contributed by atoms with Crippen molar-refractivity contribution >= 4 is 11.9 Å². The van der Waals surface area contributed by atoms with Crippen LogP contribution in [-0.4, -0.2) is 29.2 Å². The summed E-state index contributed by atoms with van der Waals surface area (Å²) in [7, 11) is 0. The first-order valence-corrected chi connectivity index (χ1v) is 7.10. The molecule has 1 aromatic carbocycles. The minimum atomic E-state index is -0.995. The molecule has 1 aliphatic rings. The fourth-order valence-electron chi connectivity index (χ4n) is 2.43. The van der Waals surface area contributed by atoms with E-state index in [1.807, 2.05) is 20.8 Å². The second kappa shape index (κ2) is 5.85. The predicted molar refractivity (Wildman–Crippen MR) is 78.3 cm³/mol. The summed E-state index contributed by atoms with van der Waals surface area (Å²) in [6.07, 6.45) is 1.72. The first-order chi connectivity index (χ1) is 9.78. The van der Waals surface area contributed by atoms with E-state index in [1.165, 1.54) is 0 Å². The van der Waals surface area contributed by atoms with E-state index in [9.17, 15) is 9.59 Å². The van der Waals surface area contributed by atoms with E-state index >= 15 is 0 Å². The molecule has 21 heavy (non-hydrogen) atoms. The van der Waals surface area contributed by atoms with Crippen molar-refractivity contribution in [1.82, 2.24) is 5.32 Å². The molecule has 1 aliphatic heterocycles. The van der Waals surface area contributed by atoms with E-state index < -0.39 is 17.6 Å². The molecule has 0 saturated carbocycles. The second-order valence-corrected chi connectivity index (χ2v) is 6.24. The van der Waals surface area contributed by atoms with Crippen molar-refractivity contribution in [2.45, 2.75) is 45.3 Å². The summed E-state index contributed by atoms with van der Waals surface area (Å²) in [5, 5.41) is 12.3.